The van der Waals surface area contributed by atoms with Crippen molar-refractivity contribution >= 4 is 28.8 Å². The predicted molar refractivity (Wildman–Crippen MR) is 50.1 cm³/mol. The number of anilines is 1. The SMILES string of the molecule is Nc1nc(CCON=CC(=O)O)ns1. The molecule has 1 heterocycles. The Morgan fingerprint density at radius 1 is 1.79 bits per heavy atom. The van der Waals surface area contributed by atoms with Gasteiger partial charge in [0.25, 0.3) is 0 Å². The van der Waals surface area contributed by atoms with Crippen molar-refractivity contribution in [1.29, 1.82) is 0 Å². The Morgan fingerprint density at radius 2 is 2.57 bits per heavy atom. The van der Waals surface area contributed by atoms with Gasteiger partial charge in [-0.05, 0) is 0 Å². The number of hydrogen-bond donors (Lipinski definition) is 2. The van der Waals surface area contributed by atoms with Crippen LogP contribution in [-0.4, -0.2) is 33.3 Å². The Balaban J connectivity index is 2.19. The second-order valence-corrected chi connectivity index (χ2v) is 2.99. The molecule has 14 heavy (non-hydrogen) atoms. The molecule has 0 aromatic carbocycles. The molecular formula is C6H8N4O3S. The number of oxime groups is 1. The topological polar surface area (TPSA) is 111 Å². The molecule has 76 valence electrons. The fraction of sp³-hybridized carbons (Fsp3) is 0.333. The minimum Gasteiger partial charge on any atom is -0.477 e. The molecular weight excluding hydrogens is 208 g/mol. The zero-order valence-electron chi connectivity index (χ0n) is 7.08. The van der Waals surface area contributed by atoms with Crippen molar-refractivity contribution < 1.29 is 14.7 Å². The fourth-order valence-electron chi connectivity index (χ4n) is 0.641. The van der Waals surface area contributed by atoms with E-state index in [1.54, 1.807) is 0 Å². The van der Waals surface area contributed by atoms with Crippen LogP contribution in [0.3, 0.4) is 0 Å². The Morgan fingerprint density at radius 3 is 3.14 bits per heavy atom. The molecule has 0 saturated heterocycles. The molecule has 1 aromatic rings. The molecule has 7 nitrogen and oxygen atoms in total. The smallest absolute Gasteiger partial charge is 0.350 e. The van der Waals surface area contributed by atoms with Crippen LogP contribution in [-0.2, 0) is 16.1 Å². The van der Waals surface area contributed by atoms with Crippen LogP contribution in [0, 0.1) is 0 Å². The number of nitrogens with two attached hydrogens (primary N) is 1. The van der Waals surface area contributed by atoms with Gasteiger partial charge in [-0.25, -0.2) is 9.78 Å². The standard InChI is InChI=1S/C6H8N4O3S/c7-6-9-4(10-14-6)1-2-13-8-3-5(11)12/h3H,1-2H2,(H,11,12)(H2,7,9,10). The number of nitrogen functional groups attached to an aromatic ring is 1. The first-order valence-corrected chi connectivity index (χ1v) is 4.42. The van der Waals surface area contributed by atoms with E-state index in [0.29, 0.717) is 23.6 Å². The number of carboxylic acid groups (broad SMARTS) is 1. The number of aliphatic carboxylic acids is 1. The van der Waals surface area contributed by atoms with Crippen LogP contribution in [0.4, 0.5) is 5.13 Å². The van der Waals surface area contributed by atoms with Crippen LogP contribution >= 0.6 is 11.5 Å². The molecule has 0 aliphatic rings. The molecule has 0 aliphatic heterocycles. The molecule has 0 bridgehead atoms. The summed E-state index contributed by atoms with van der Waals surface area (Å²) < 4.78 is 3.91. The molecule has 0 amide bonds. The first-order valence-electron chi connectivity index (χ1n) is 3.65. The quantitative estimate of drug-likeness (QED) is 0.399. The van der Waals surface area contributed by atoms with Gasteiger partial charge in [0.1, 0.15) is 12.4 Å². The fourth-order valence-corrected chi connectivity index (χ4v) is 1.12. The van der Waals surface area contributed by atoms with Gasteiger partial charge in [-0.2, -0.15) is 4.37 Å². The highest BCUT2D eigenvalue weighted by molar-refractivity contribution is 7.09. The average molecular weight is 216 g/mol. The van der Waals surface area contributed by atoms with Gasteiger partial charge in [0.05, 0.1) is 0 Å². The summed E-state index contributed by atoms with van der Waals surface area (Å²) >= 11 is 1.10. The number of rotatable bonds is 5. The Labute approximate surface area is 83.4 Å². The van der Waals surface area contributed by atoms with E-state index in [2.05, 4.69) is 19.4 Å². The van der Waals surface area contributed by atoms with Crippen molar-refractivity contribution in [3.8, 4) is 0 Å². The minimum absolute atomic E-state index is 0.222. The van der Waals surface area contributed by atoms with E-state index in [4.69, 9.17) is 10.8 Å². The van der Waals surface area contributed by atoms with Crippen LogP contribution < -0.4 is 5.73 Å². The van der Waals surface area contributed by atoms with Crippen LogP contribution in [0.1, 0.15) is 5.82 Å². The lowest BCUT2D eigenvalue weighted by atomic mass is 10.4. The summed E-state index contributed by atoms with van der Waals surface area (Å²) in [5.74, 6) is -0.584. The van der Waals surface area contributed by atoms with Gasteiger partial charge in [0, 0.05) is 18.0 Å². The molecule has 0 radical (unpaired) electrons. The summed E-state index contributed by atoms with van der Waals surface area (Å²) in [6.07, 6.45) is 1.12. The molecule has 0 unspecified atom stereocenters. The third-order valence-corrected chi connectivity index (χ3v) is 1.72. The largest absolute Gasteiger partial charge is 0.477 e. The normalized spacial score (nSPS) is 10.6. The summed E-state index contributed by atoms with van der Waals surface area (Å²) in [4.78, 5) is 18.5. The second-order valence-electron chi connectivity index (χ2n) is 2.20. The number of carboxylic acids is 1. The van der Waals surface area contributed by atoms with Gasteiger partial charge < -0.3 is 15.7 Å². The Hall–Kier alpha value is -1.70. The van der Waals surface area contributed by atoms with Gasteiger partial charge in [-0.3, -0.25) is 0 Å². The van der Waals surface area contributed by atoms with Gasteiger partial charge in [0.15, 0.2) is 11.3 Å². The zero-order chi connectivity index (χ0) is 10.4. The molecule has 8 heteroatoms. The van der Waals surface area contributed by atoms with Crippen molar-refractivity contribution in [1.82, 2.24) is 9.36 Å². The molecule has 1 rings (SSSR count). The summed E-state index contributed by atoms with van der Waals surface area (Å²) in [6, 6.07) is 0. The van der Waals surface area contributed by atoms with E-state index in [-0.39, 0.29) is 6.61 Å². The summed E-state index contributed by atoms with van der Waals surface area (Å²) in [5, 5.41) is 11.7. The van der Waals surface area contributed by atoms with Crippen molar-refractivity contribution in [2.45, 2.75) is 6.42 Å². The third kappa shape index (κ3) is 3.81. The first kappa shape index (κ1) is 10.4. The predicted octanol–water partition coefficient (Wildman–Crippen LogP) is -0.250. The van der Waals surface area contributed by atoms with Crippen LogP contribution in [0.25, 0.3) is 0 Å². The first-order chi connectivity index (χ1) is 6.68. The van der Waals surface area contributed by atoms with E-state index in [0.717, 1.165) is 11.5 Å². The molecule has 0 saturated carbocycles. The lowest BCUT2D eigenvalue weighted by Crippen LogP contribution is -1.99. The second kappa shape index (κ2) is 5.12. The lowest BCUT2D eigenvalue weighted by Gasteiger charge is -1.93. The van der Waals surface area contributed by atoms with Gasteiger partial charge >= 0.3 is 5.97 Å². The van der Waals surface area contributed by atoms with Crippen molar-refractivity contribution in [2.24, 2.45) is 5.16 Å². The zero-order valence-corrected chi connectivity index (χ0v) is 7.90. The highest BCUT2D eigenvalue weighted by Crippen LogP contribution is 2.05. The summed E-state index contributed by atoms with van der Waals surface area (Å²) in [6.45, 7) is 0.222. The number of hydrogen-bond acceptors (Lipinski definition) is 7. The minimum atomic E-state index is -1.15. The monoisotopic (exact) mass is 216 g/mol. The van der Waals surface area contributed by atoms with Crippen LogP contribution in [0.2, 0.25) is 0 Å². The van der Waals surface area contributed by atoms with E-state index < -0.39 is 5.97 Å². The van der Waals surface area contributed by atoms with Gasteiger partial charge in [0.2, 0.25) is 0 Å². The number of nitrogens with zero attached hydrogens (tertiary/aromatic N) is 3. The van der Waals surface area contributed by atoms with E-state index >= 15 is 0 Å². The maximum Gasteiger partial charge on any atom is 0.350 e. The van der Waals surface area contributed by atoms with E-state index in [9.17, 15) is 4.79 Å². The maximum atomic E-state index is 9.97. The van der Waals surface area contributed by atoms with Crippen molar-refractivity contribution in [3.63, 3.8) is 0 Å². The molecule has 1 aromatic heterocycles. The van der Waals surface area contributed by atoms with E-state index in [1.807, 2.05) is 0 Å². The van der Waals surface area contributed by atoms with Crippen molar-refractivity contribution in [2.75, 3.05) is 12.3 Å². The maximum absolute atomic E-state index is 9.97. The summed E-state index contributed by atoms with van der Waals surface area (Å²) in [5.41, 5.74) is 5.35. The average Bonchev–Trinajstić information content (AvgIpc) is 2.50. The molecule has 0 spiro atoms. The lowest BCUT2D eigenvalue weighted by molar-refractivity contribution is -0.129. The van der Waals surface area contributed by atoms with Crippen molar-refractivity contribution in [3.05, 3.63) is 5.82 Å². The van der Waals surface area contributed by atoms with Gasteiger partial charge in [-0.15, -0.1) is 0 Å². The number of carbonyl (C=O) groups is 1. The molecule has 0 aliphatic carbocycles. The molecule has 3 N–H and O–H groups in total. The third-order valence-electron chi connectivity index (χ3n) is 1.14. The van der Waals surface area contributed by atoms with E-state index in [1.165, 1.54) is 0 Å². The van der Waals surface area contributed by atoms with Crippen LogP contribution in [0.5, 0.6) is 0 Å². The Bertz CT molecular complexity index is 338. The summed E-state index contributed by atoms with van der Waals surface area (Å²) in [7, 11) is 0. The highest BCUT2D eigenvalue weighted by atomic mass is 32.1. The number of aromatic nitrogens is 2. The van der Waals surface area contributed by atoms with Crippen LogP contribution in [0.15, 0.2) is 5.16 Å². The van der Waals surface area contributed by atoms with Gasteiger partial charge in [-0.1, -0.05) is 5.16 Å². The Kier molecular flexibility index (Phi) is 3.80. The molecule has 0 atom stereocenters. The molecule has 0 fully saturated rings. The highest BCUT2D eigenvalue weighted by Gasteiger charge is 2.00.